The maximum absolute atomic E-state index is 10.7. The molecule has 0 aliphatic carbocycles. The molecule has 2 N–H and O–H groups in total. The third kappa shape index (κ3) is 9.71. The zero-order valence-corrected chi connectivity index (χ0v) is 17.4. The lowest BCUT2D eigenvalue weighted by Gasteiger charge is -2.12. The lowest BCUT2D eigenvalue weighted by molar-refractivity contribution is -0.384. The van der Waals surface area contributed by atoms with Gasteiger partial charge >= 0.3 is 0 Å². The molecule has 29 heavy (non-hydrogen) atoms. The van der Waals surface area contributed by atoms with Crippen LogP contribution in [0.25, 0.3) is 0 Å². The molecule has 0 bridgehead atoms. The van der Waals surface area contributed by atoms with E-state index in [-0.39, 0.29) is 16.7 Å². The van der Waals surface area contributed by atoms with E-state index in [1.807, 2.05) is 12.1 Å². The van der Waals surface area contributed by atoms with E-state index < -0.39 is 0 Å². The Labute approximate surface area is 173 Å². The van der Waals surface area contributed by atoms with Gasteiger partial charge in [-0.15, -0.1) is 0 Å². The van der Waals surface area contributed by atoms with Crippen molar-refractivity contribution in [1.82, 2.24) is 10.6 Å². The molecule has 0 amide bonds. The van der Waals surface area contributed by atoms with Crippen LogP contribution in [0.4, 0.5) is 5.69 Å². The highest BCUT2D eigenvalue weighted by Gasteiger charge is 2.14. The average molecular weight is 407 g/mol. The Morgan fingerprint density at radius 3 is 2.79 bits per heavy atom. The summed E-state index contributed by atoms with van der Waals surface area (Å²) in [7, 11) is 0. The van der Waals surface area contributed by atoms with Gasteiger partial charge in [0.1, 0.15) is 0 Å². The topological polar surface area (TPSA) is 98.0 Å². The molecule has 1 aromatic rings. The fourth-order valence-corrected chi connectivity index (χ4v) is 3.14. The highest BCUT2D eigenvalue weighted by molar-refractivity contribution is 5.79. The van der Waals surface area contributed by atoms with Crippen LogP contribution in [-0.4, -0.2) is 56.4 Å². The van der Waals surface area contributed by atoms with Crippen LogP contribution in [0, 0.1) is 10.1 Å². The first-order valence-corrected chi connectivity index (χ1v) is 10.6. The molecular formula is C21H34N4O4. The Balaban J connectivity index is 1.55. The number of benzene rings is 1. The standard InChI is InChI=1S/C21H34N4O4/c1-2-22-21(24-14-6-15-28-17-20-8-5-16-29-20)23-13-4-3-7-18-9-11-19(12-10-18)25(26)27/h9-12,20H,2-8,13-17H2,1H3,(H2,22,23,24). The van der Waals surface area contributed by atoms with E-state index in [9.17, 15) is 10.1 Å². The van der Waals surface area contributed by atoms with Gasteiger partial charge in [0.15, 0.2) is 5.96 Å². The minimum atomic E-state index is -0.370. The van der Waals surface area contributed by atoms with Crippen molar-refractivity contribution in [2.24, 2.45) is 4.99 Å². The average Bonchev–Trinajstić information content (AvgIpc) is 3.24. The molecule has 162 valence electrons. The molecule has 8 nitrogen and oxygen atoms in total. The number of ether oxygens (including phenoxy) is 2. The number of hydrogen-bond donors (Lipinski definition) is 2. The van der Waals surface area contributed by atoms with E-state index in [1.54, 1.807) is 12.1 Å². The number of non-ortho nitro benzene ring substituents is 1. The molecule has 2 rings (SSSR count). The number of unbranched alkanes of at least 4 members (excludes halogenated alkanes) is 1. The van der Waals surface area contributed by atoms with E-state index in [4.69, 9.17) is 9.47 Å². The molecule has 1 atom stereocenters. The van der Waals surface area contributed by atoms with Crippen LogP contribution in [0.2, 0.25) is 0 Å². The molecule has 1 heterocycles. The van der Waals surface area contributed by atoms with Gasteiger partial charge in [0, 0.05) is 45.0 Å². The number of nitrogens with zero attached hydrogens (tertiary/aromatic N) is 2. The summed E-state index contributed by atoms with van der Waals surface area (Å²) in [5.74, 6) is 0.835. The molecular weight excluding hydrogens is 372 g/mol. The fourth-order valence-electron chi connectivity index (χ4n) is 3.14. The first-order chi connectivity index (χ1) is 14.2. The lowest BCUT2D eigenvalue weighted by Crippen LogP contribution is -2.38. The summed E-state index contributed by atoms with van der Waals surface area (Å²) in [6.07, 6.45) is 6.36. The fraction of sp³-hybridized carbons (Fsp3) is 0.667. The number of nitrogens with one attached hydrogen (secondary N) is 2. The van der Waals surface area contributed by atoms with Gasteiger partial charge in [0.2, 0.25) is 0 Å². The molecule has 1 aliphatic heterocycles. The van der Waals surface area contributed by atoms with Crippen molar-refractivity contribution in [3.63, 3.8) is 0 Å². The lowest BCUT2D eigenvalue weighted by atomic mass is 10.1. The van der Waals surface area contributed by atoms with Crippen molar-refractivity contribution in [3.05, 3.63) is 39.9 Å². The number of guanidine groups is 1. The monoisotopic (exact) mass is 406 g/mol. The predicted molar refractivity (Wildman–Crippen MR) is 114 cm³/mol. The van der Waals surface area contributed by atoms with Crippen LogP contribution in [0.15, 0.2) is 29.3 Å². The van der Waals surface area contributed by atoms with Gasteiger partial charge in [0.25, 0.3) is 5.69 Å². The number of rotatable bonds is 13. The Kier molecular flexibility index (Phi) is 11.1. The third-order valence-electron chi connectivity index (χ3n) is 4.72. The summed E-state index contributed by atoms with van der Waals surface area (Å²) in [6, 6.07) is 6.79. The van der Waals surface area contributed by atoms with Crippen LogP contribution < -0.4 is 10.6 Å². The van der Waals surface area contributed by atoms with Crippen molar-refractivity contribution < 1.29 is 14.4 Å². The van der Waals surface area contributed by atoms with Gasteiger partial charge in [-0.3, -0.25) is 15.1 Å². The quantitative estimate of drug-likeness (QED) is 0.172. The second-order valence-corrected chi connectivity index (χ2v) is 7.13. The molecule has 1 aliphatic rings. The molecule has 1 aromatic carbocycles. The zero-order chi connectivity index (χ0) is 20.7. The normalized spacial score (nSPS) is 16.7. The van der Waals surface area contributed by atoms with Crippen LogP contribution in [-0.2, 0) is 15.9 Å². The van der Waals surface area contributed by atoms with Crippen molar-refractivity contribution in [3.8, 4) is 0 Å². The Morgan fingerprint density at radius 2 is 2.10 bits per heavy atom. The maximum Gasteiger partial charge on any atom is 0.269 e. The van der Waals surface area contributed by atoms with Crippen molar-refractivity contribution >= 4 is 11.6 Å². The van der Waals surface area contributed by atoms with Crippen LogP contribution in [0.5, 0.6) is 0 Å². The highest BCUT2D eigenvalue weighted by Crippen LogP contribution is 2.13. The first kappa shape index (κ1) is 23.1. The van der Waals surface area contributed by atoms with Crippen molar-refractivity contribution in [2.75, 3.05) is 39.5 Å². The summed E-state index contributed by atoms with van der Waals surface area (Å²) < 4.78 is 11.2. The molecule has 1 fully saturated rings. The van der Waals surface area contributed by atoms with Gasteiger partial charge in [-0.05, 0) is 51.0 Å². The van der Waals surface area contributed by atoms with Crippen LogP contribution in [0.1, 0.15) is 44.6 Å². The number of hydrogen-bond acceptors (Lipinski definition) is 5. The van der Waals surface area contributed by atoms with Crippen molar-refractivity contribution in [1.29, 1.82) is 0 Å². The van der Waals surface area contributed by atoms with E-state index in [0.29, 0.717) is 13.2 Å². The molecule has 0 saturated carbocycles. The second-order valence-electron chi connectivity index (χ2n) is 7.13. The molecule has 1 unspecified atom stereocenters. The third-order valence-corrected chi connectivity index (χ3v) is 4.72. The molecule has 1 saturated heterocycles. The summed E-state index contributed by atoms with van der Waals surface area (Å²) in [5, 5.41) is 17.3. The van der Waals surface area contributed by atoms with Gasteiger partial charge in [-0.2, -0.15) is 0 Å². The number of aliphatic imine (C=N–C) groups is 1. The Bertz CT molecular complexity index is 616. The smallest absolute Gasteiger partial charge is 0.269 e. The van der Waals surface area contributed by atoms with Gasteiger partial charge in [-0.25, -0.2) is 0 Å². The van der Waals surface area contributed by atoms with Crippen molar-refractivity contribution in [2.45, 2.75) is 51.6 Å². The van der Waals surface area contributed by atoms with Gasteiger partial charge in [-0.1, -0.05) is 12.1 Å². The first-order valence-electron chi connectivity index (χ1n) is 10.6. The maximum atomic E-state index is 10.7. The van der Waals surface area contributed by atoms with E-state index in [2.05, 4.69) is 22.5 Å². The molecule has 0 radical (unpaired) electrons. The Hall–Kier alpha value is -2.19. The second kappa shape index (κ2) is 13.9. The van der Waals surface area contributed by atoms with Crippen LogP contribution >= 0.6 is 0 Å². The number of aryl methyl sites for hydroxylation is 1. The van der Waals surface area contributed by atoms with E-state index in [0.717, 1.165) is 76.3 Å². The predicted octanol–water partition coefficient (Wildman–Crippen LogP) is 3.06. The molecule has 0 spiro atoms. The number of nitro benzene ring substituents is 1. The summed E-state index contributed by atoms with van der Waals surface area (Å²) in [6.45, 7) is 6.71. The molecule has 0 aromatic heterocycles. The molecule has 8 heteroatoms. The highest BCUT2D eigenvalue weighted by atomic mass is 16.6. The van der Waals surface area contributed by atoms with Gasteiger partial charge in [0.05, 0.1) is 17.6 Å². The number of nitro groups is 1. The SMILES string of the molecule is CCNC(=NCCCOCC1CCCO1)NCCCCc1ccc([N+](=O)[O-])cc1. The summed E-state index contributed by atoms with van der Waals surface area (Å²) in [5.41, 5.74) is 1.26. The van der Waals surface area contributed by atoms with E-state index >= 15 is 0 Å². The van der Waals surface area contributed by atoms with Crippen LogP contribution in [0.3, 0.4) is 0 Å². The minimum Gasteiger partial charge on any atom is -0.379 e. The van der Waals surface area contributed by atoms with Gasteiger partial charge < -0.3 is 20.1 Å². The largest absolute Gasteiger partial charge is 0.379 e. The summed E-state index contributed by atoms with van der Waals surface area (Å²) in [4.78, 5) is 14.9. The van der Waals surface area contributed by atoms with E-state index in [1.165, 1.54) is 0 Å². The minimum absolute atomic E-state index is 0.138. The zero-order valence-electron chi connectivity index (χ0n) is 17.4. The Morgan fingerprint density at radius 1 is 1.28 bits per heavy atom. The summed E-state index contributed by atoms with van der Waals surface area (Å²) >= 11 is 0.